The van der Waals surface area contributed by atoms with Crippen molar-refractivity contribution in [3.05, 3.63) is 35.4 Å². The third-order valence-corrected chi connectivity index (χ3v) is 2.81. The number of Topliss-reactive ketones (excluding diaryl/α,β-unsaturated/α-hetero) is 1. The molecule has 0 amide bonds. The SMILES string of the molecule is CN=NC(CCc1ccccc1C)CC(C)=O. The third-order valence-electron chi connectivity index (χ3n) is 2.81. The van der Waals surface area contributed by atoms with Crippen molar-refractivity contribution in [2.45, 2.75) is 39.2 Å². The summed E-state index contributed by atoms with van der Waals surface area (Å²) in [5.74, 6) is 0.173. The van der Waals surface area contributed by atoms with Gasteiger partial charge in [0.1, 0.15) is 5.78 Å². The van der Waals surface area contributed by atoms with E-state index < -0.39 is 0 Å². The van der Waals surface area contributed by atoms with Crippen LogP contribution < -0.4 is 0 Å². The van der Waals surface area contributed by atoms with E-state index in [-0.39, 0.29) is 11.8 Å². The molecule has 1 aromatic rings. The van der Waals surface area contributed by atoms with Crippen molar-refractivity contribution in [1.82, 2.24) is 0 Å². The Hall–Kier alpha value is -1.51. The van der Waals surface area contributed by atoms with Crippen LogP contribution in [0.1, 0.15) is 30.9 Å². The van der Waals surface area contributed by atoms with Crippen molar-refractivity contribution in [3.63, 3.8) is 0 Å². The normalized spacial score (nSPS) is 12.9. The van der Waals surface area contributed by atoms with Crippen LogP contribution in [0.25, 0.3) is 0 Å². The summed E-state index contributed by atoms with van der Waals surface area (Å²) >= 11 is 0. The summed E-state index contributed by atoms with van der Waals surface area (Å²) in [6.07, 6.45) is 2.31. The minimum Gasteiger partial charge on any atom is -0.300 e. The number of hydrogen-bond donors (Lipinski definition) is 0. The molecule has 3 heteroatoms. The van der Waals surface area contributed by atoms with Gasteiger partial charge in [-0.2, -0.15) is 10.2 Å². The fraction of sp³-hybridized carbons (Fsp3) is 0.500. The molecule has 0 bridgehead atoms. The lowest BCUT2D eigenvalue weighted by Crippen LogP contribution is -2.10. The van der Waals surface area contributed by atoms with Crippen molar-refractivity contribution < 1.29 is 4.79 Å². The van der Waals surface area contributed by atoms with Gasteiger partial charge in [0.25, 0.3) is 0 Å². The highest BCUT2D eigenvalue weighted by atomic mass is 16.1. The lowest BCUT2D eigenvalue weighted by Gasteiger charge is -2.10. The number of carbonyl (C=O) groups is 1. The number of nitrogens with zero attached hydrogens (tertiary/aromatic N) is 2. The molecular formula is C14H20N2O. The minimum absolute atomic E-state index is 0.0251. The third kappa shape index (κ3) is 4.89. The first-order valence-corrected chi connectivity index (χ1v) is 5.96. The minimum atomic E-state index is 0.0251. The average Bonchev–Trinajstić information content (AvgIpc) is 2.27. The number of hydrogen-bond acceptors (Lipinski definition) is 3. The highest BCUT2D eigenvalue weighted by molar-refractivity contribution is 5.76. The molecule has 0 saturated carbocycles. The lowest BCUT2D eigenvalue weighted by molar-refractivity contribution is -0.117. The van der Waals surface area contributed by atoms with E-state index in [0.29, 0.717) is 6.42 Å². The van der Waals surface area contributed by atoms with E-state index in [9.17, 15) is 4.79 Å². The van der Waals surface area contributed by atoms with Crippen molar-refractivity contribution in [2.24, 2.45) is 10.2 Å². The van der Waals surface area contributed by atoms with Gasteiger partial charge in [0, 0.05) is 13.5 Å². The van der Waals surface area contributed by atoms with E-state index >= 15 is 0 Å². The molecule has 0 N–H and O–H groups in total. The van der Waals surface area contributed by atoms with Gasteiger partial charge in [-0.05, 0) is 37.8 Å². The van der Waals surface area contributed by atoms with Crippen LogP contribution in [0.15, 0.2) is 34.5 Å². The zero-order chi connectivity index (χ0) is 12.7. The van der Waals surface area contributed by atoms with E-state index in [4.69, 9.17) is 0 Å². The van der Waals surface area contributed by atoms with E-state index in [1.165, 1.54) is 11.1 Å². The fourth-order valence-electron chi connectivity index (χ4n) is 1.91. The maximum atomic E-state index is 11.1. The van der Waals surface area contributed by atoms with Crippen LogP contribution in [0.5, 0.6) is 0 Å². The van der Waals surface area contributed by atoms with Gasteiger partial charge in [0.15, 0.2) is 0 Å². The number of aryl methyl sites for hydroxylation is 2. The van der Waals surface area contributed by atoms with Gasteiger partial charge < -0.3 is 0 Å². The Kier molecular flexibility index (Phi) is 5.53. The fourth-order valence-corrected chi connectivity index (χ4v) is 1.91. The second-order valence-corrected chi connectivity index (χ2v) is 4.34. The average molecular weight is 232 g/mol. The maximum Gasteiger partial charge on any atom is 0.132 e. The summed E-state index contributed by atoms with van der Waals surface area (Å²) in [5, 5.41) is 7.91. The second-order valence-electron chi connectivity index (χ2n) is 4.34. The molecule has 3 nitrogen and oxygen atoms in total. The summed E-state index contributed by atoms with van der Waals surface area (Å²) in [7, 11) is 1.65. The molecule has 92 valence electrons. The highest BCUT2D eigenvalue weighted by Gasteiger charge is 2.10. The van der Waals surface area contributed by atoms with E-state index in [0.717, 1.165) is 12.8 Å². The van der Waals surface area contributed by atoms with Crippen molar-refractivity contribution in [2.75, 3.05) is 7.05 Å². The number of benzene rings is 1. The zero-order valence-corrected chi connectivity index (χ0v) is 10.8. The molecule has 0 aliphatic carbocycles. The molecule has 1 unspecified atom stereocenters. The van der Waals surface area contributed by atoms with E-state index in [1.807, 2.05) is 12.1 Å². The summed E-state index contributed by atoms with van der Waals surface area (Å²) in [6, 6.07) is 8.35. The van der Waals surface area contributed by atoms with Gasteiger partial charge in [-0.25, -0.2) is 0 Å². The van der Waals surface area contributed by atoms with Crippen LogP contribution in [0.4, 0.5) is 0 Å². The summed E-state index contributed by atoms with van der Waals surface area (Å²) in [5.41, 5.74) is 2.62. The van der Waals surface area contributed by atoms with Gasteiger partial charge >= 0.3 is 0 Å². The standard InChI is InChI=1S/C14H20N2O/c1-11-6-4-5-7-13(11)8-9-14(16-15-3)10-12(2)17/h4-7,14H,8-10H2,1-3H3. The number of rotatable bonds is 6. The molecule has 0 aromatic heterocycles. The van der Waals surface area contributed by atoms with Gasteiger partial charge in [0.2, 0.25) is 0 Å². The molecular weight excluding hydrogens is 212 g/mol. The predicted molar refractivity (Wildman–Crippen MR) is 69.4 cm³/mol. The summed E-state index contributed by atoms with van der Waals surface area (Å²) in [4.78, 5) is 11.1. The Morgan fingerprint density at radius 1 is 1.35 bits per heavy atom. The molecule has 0 saturated heterocycles. The van der Waals surface area contributed by atoms with E-state index in [1.54, 1.807) is 14.0 Å². The maximum absolute atomic E-state index is 11.1. The number of ketones is 1. The second kappa shape index (κ2) is 6.94. The quantitative estimate of drug-likeness (QED) is 0.693. The van der Waals surface area contributed by atoms with Crippen molar-refractivity contribution >= 4 is 5.78 Å². The summed E-state index contributed by atoms with van der Waals surface area (Å²) < 4.78 is 0. The zero-order valence-electron chi connectivity index (χ0n) is 10.8. The predicted octanol–water partition coefficient (Wildman–Crippen LogP) is 3.36. The van der Waals surface area contributed by atoms with Crippen LogP contribution >= 0.6 is 0 Å². The highest BCUT2D eigenvalue weighted by Crippen LogP contribution is 2.14. The first kappa shape index (κ1) is 13.6. The molecule has 0 radical (unpaired) electrons. The molecule has 0 aliphatic heterocycles. The Labute approximate surface area is 103 Å². The largest absolute Gasteiger partial charge is 0.300 e. The molecule has 1 rings (SSSR count). The van der Waals surface area contributed by atoms with Gasteiger partial charge in [-0.15, -0.1) is 0 Å². The van der Waals surface area contributed by atoms with Crippen LogP contribution in [0.3, 0.4) is 0 Å². The van der Waals surface area contributed by atoms with Crippen LogP contribution in [0.2, 0.25) is 0 Å². The Bertz CT molecular complexity index is 399. The molecule has 0 spiro atoms. The number of carbonyl (C=O) groups excluding carboxylic acids is 1. The smallest absolute Gasteiger partial charge is 0.132 e. The van der Waals surface area contributed by atoms with Crippen LogP contribution in [-0.2, 0) is 11.2 Å². The topological polar surface area (TPSA) is 41.8 Å². The van der Waals surface area contributed by atoms with Gasteiger partial charge in [-0.1, -0.05) is 24.3 Å². The summed E-state index contributed by atoms with van der Waals surface area (Å²) in [6.45, 7) is 3.71. The Morgan fingerprint density at radius 2 is 2.06 bits per heavy atom. The number of azo groups is 1. The molecule has 0 heterocycles. The molecule has 1 atom stereocenters. The molecule has 1 aromatic carbocycles. The molecule has 0 aliphatic rings. The van der Waals surface area contributed by atoms with Gasteiger partial charge in [0.05, 0.1) is 6.04 Å². The monoisotopic (exact) mass is 232 g/mol. The molecule has 17 heavy (non-hydrogen) atoms. The first-order valence-electron chi connectivity index (χ1n) is 5.96. The van der Waals surface area contributed by atoms with Crippen molar-refractivity contribution in [3.8, 4) is 0 Å². The first-order chi connectivity index (χ1) is 8.13. The Balaban J connectivity index is 2.57. The van der Waals surface area contributed by atoms with Crippen LogP contribution in [-0.4, -0.2) is 18.9 Å². The van der Waals surface area contributed by atoms with Crippen molar-refractivity contribution in [1.29, 1.82) is 0 Å². The molecule has 0 fully saturated rings. The van der Waals surface area contributed by atoms with Gasteiger partial charge in [-0.3, -0.25) is 4.79 Å². The lowest BCUT2D eigenvalue weighted by atomic mass is 9.99. The Morgan fingerprint density at radius 3 is 2.65 bits per heavy atom. The van der Waals surface area contributed by atoms with E-state index in [2.05, 4.69) is 29.3 Å². The van der Waals surface area contributed by atoms with Crippen LogP contribution in [0, 0.1) is 6.92 Å².